The van der Waals surface area contributed by atoms with E-state index >= 15 is 0 Å². The molecule has 1 saturated heterocycles. The summed E-state index contributed by atoms with van der Waals surface area (Å²) in [4.78, 5) is 2.60. The molecule has 1 aliphatic heterocycles. The lowest BCUT2D eigenvalue weighted by atomic mass is 9.97. The van der Waals surface area contributed by atoms with Crippen LogP contribution in [0.15, 0.2) is 28.7 Å². The van der Waals surface area contributed by atoms with Crippen LogP contribution in [0.2, 0.25) is 0 Å². The summed E-state index contributed by atoms with van der Waals surface area (Å²) < 4.78 is 1.13. The number of hydrogen-bond donors (Lipinski definition) is 1. The molecule has 0 radical (unpaired) electrons. The van der Waals surface area contributed by atoms with Gasteiger partial charge in [-0.25, -0.2) is 0 Å². The van der Waals surface area contributed by atoms with Gasteiger partial charge in [-0.1, -0.05) is 41.4 Å². The van der Waals surface area contributed by atoms with E-state index in [1.54, 1.807) is 0 Å². The van der Waals surface area contributed by atoms with Crippen LogP contribution in [0.3, 0.4) is 0 Å². The van der Waals surface area contributed by atoms with Crippen LogP contribution in [0.4, 0.5) is 0 Å². The van der Waals surface area contributed by atoms with Gasteiger partial charge in [-0.05, 0) is 62.9 Å². The number of likely N-dealkylation sites (tertiary alicyclic amines) is 1. The molecule has 3 atom stereocenters. The lowest BCUT2D eigenvalue weighted by molar-refractivity contribution is 0.181. The first kappa shape index (κ1) is 16.0. The molecule has 0 aromatic heterocycles. The quantitative estimate of drug-likeness (QED) is 0.884. The highest BCUT2D eigenvalue weighted by Crippen LogP contribution is 2.29. The summed E-state index contributed by atoms with van der Waals surface area (Å²) >= 11 is 3.51. The Kier molecular flexibility index (Phi) is 6.06. The monoisotopic (exact) mass is 338 g/mol. The smallest absolute Gasteiger partial charge is 0.0496 e. The summed E-state index contributed by atoms with van der Waals surface area (Å²) in [5.74, 6) is 0.902. The SMILES string of the molecule is CCC1CCCN(C(c2ccc(Br)cc2)C(C)N)CC1. The lowest BCUT2D eigenvalue weighted by Gasteiger charge is -2.34. The number of nitrogens with zero attached hydrogens (tertiary/aromatic N) is 1. The Hall–Kier alpha value is -0.380. The van der Waals surface area contributed by atoms with Gasteiger partial charge in [0.15, 0.2) is 0 Å². The molecule has 1 heterocycles. The van der Waals surface area contributed by atoms with E-state index in [0.29, 0.717) is 6.04 Å². The molecule has 1 fully saturated rings. The molecule has 3 heteroatoms. The first-order valence-electron chi connectivity index (χ1n) is 7.87. The molecule has 0 aliphatic carbocycles. The molecule has 112 valence electrons. The van der Waals surface area contributed by atoms with Crippen molar-refractivity contribution in [3.63, 3.8) is 0 Å². The van der Waals surface area contributed by atoms with Crippen LogP contribution in [0.5, 0.6) is 0 Å². The van der Waals surface area contributed by atoms with E-state index in [1.165, 1.54) is 44.3 Å². The minimum atomic E-state index is 0.161. The fraction of sp³-hybridized carbons (Fsp3) is 0.647. The second-order valence-corrected chi connectivity index (χ2v) is 7.01. The lowest BCUT2D eigenvalue weighted by Crippen LogP contribution is -2.40. The van der Waals surface area contributed by atoms with Crippen LogP contribution in [-0.4, -0.2) is 24.0 Å². The molecular formula is C17H27BrN2. The van der Waals surface area contributed by atoms with E-state index in [1.807, 2.05) is 0 Å². The van der Waals surface area contributed by atoms with Gasteiger partial charge in [0.05, 0.1) is 0 Å². The molecular weight excluding hydrogens is 312 g/mol. The third kappa shape index (κ3) is 4.06. The van der Waals surface area contributed by atoms with Gasteiger partial charge in [0.1, 0.15) is 0 Å². The van der Waals surface area contributed by atoms with Crippen molar-refractivity contribution in [1.82, 2.24) is 4.90 Å². The molecule has 1 aromatic carbocycles. The van der Waals surface area contributed by atoms with Crippen molar-refractivity contribution in [3.05, 3.63) is 34.3 Å². The van der Waals surface area contributed by atoms with Gasteiger partial charge in [-0.3, -0.25) is 4.90 Å². The average molecular weight is 339 g/mol. The first-order valence-corrected chi connectivity index (χ1v) is 8.66. The summed E-state index contributed by atoms with van der Waals surface area (Å²) in [6, 6.07) is 9.17. The average Bonchev–Trinajstić information content (AvgIpc) is 2.66. The predicted octanol–water partition coefficient (Wildman–Crippen LogP) is 4.35. The van der Waals surface area contributed by atoms with Gasteiger partial charge < -0.3 is 5.73 Å². The maximum Gasteiger partial charge on any atom is 0.0496 e. The molecule has 2 rings (SSSR count). The molecule has 1 aliphatic rings. The summed E-state index contributed by atoms with van der Waals surface area (Å²) in [5.41, 5.74) is 7.65. The topological polar surface area (TPSA) is 29.3 Å². The molecule has 2 nitrogen and oxygen atoms in total. The molecule has 1 aromatic rings. The summed E-state index contributed by atoms with van der Waals surface area (Å²) in [5, 5.41) is 0. The highest BCUT2D eigenvalue weighted by Gasteiger charge is 2.26. The highest BCUT2D eigenvalue weighted by molar-refractivity contribution is 9.10. The number of rotatable bonds is 4. The number of nitrogens with two attached hydrogens (primary N) is 1. The van der Waals surface area contributed by atoms with Crippen LogP contribution >= 0.6 is 15.9 Å². The molecule has 3 unspecified atom stereocenters. The molecule has 20 heavy (non-hydrogen) atoms. The van der Waals surface area contributed by atoms with Crippen LogP contribution < -0.4 is 5.73 Å². The van der Waals surface area contributed by atoms with E-state index in [0.717, 1.165) is 10.4 Å². The van der Waals surface area contributed by atoms with Gasteiger partial charge in [0.2, 0.25) is 0 Å². The third-order valence-corrected chi connectivity index (χ3v) is 5.09. The third-order valence-electron chi connectivity index (χ3n) is 4.56. The Bertz CT molecular complexity index is 402. The normalized spacial score (nSPS) is 24.1. The van der Waals surface area contributed by atoms with Gasteiger partial charge in [-0.15, -0.1) is 0 Å². The fourth-order valence-electron chi connectivity index (χ4n) is 3.38. The van der Waals surface area contributed by atoms with E-state index in [9.17, 15) is 0 Å². The standard InChI is InChI=1S/C17H27BrN2/c1-3-14-5-4-11-20(12-10-14)17(13(2)19)15-6-8-16(18)9-7-15/h6-9,13-14,17H,3-5,10-12,19H2,1-2H3. The molecule has 2 N–H and O–H groups in total. The van der Waals surface area contributed by atoms with Crippen molar-refractivity contribution >= 4 is 15.9 Å². The van der Waals surface area contributed by atoms with Crippen molar-refractivity contribution < 1.29 is 0 Å². The zero-order valence-electron chi connectivity index (χ0n) is 12.7. The summed E-state index contributed by atoms with van der Waals surface area (Å²) in [6.45, 7) is 6.81. The van der Waals surface area contributed by atoms with E-state index in [4.69, 9.17) is 5.73 Å². The fourth-order valence-corrected chi connectivity index (χ4v) is 3.65. The number of halogens is 1. The van der Waals surface area contributed by atoms with Gasteiger partial charge in [0.25, 0.3) is 0 Å². The maximum absolute atomic E-state index is 6.30. The Labute approximate surface area is 131 Å². The molecule has 0 spiro atoms. The van der Waals surface area contributed by atoms with E-state index < -0.39 is 0 Å². The number of benzene rings is 1. The van der Waals surface area contributed by atoms with E-state index in [-0.39, 0.29) is 6.04 Å². The zero-order valence-corrected chi connectivity index (χ0v) is 14.3. The maximum atomic E-state index is 6.30. The first-order chi connectivity index (χ1) is 9.61. The van der Waals surface area contributed by atoms with Crippen LogP contribution in [0.1, 0.15) is 51.1 Å². The Morgan fingerprint density at radius 2 is 1.95 bits per heavy atom. The van der Waals surface area contributed by atoms with Gasteiger partial charge in [0, 0.05) is 16.6 Å². The van der Waals surface area contributed by atoms with E-state index in [2.05, 4.69) is 58.9 Å². The predicted molar refractivity (Wildman–Crippen MR) is 89.7 cm³/mol. The Morgan fingerprint density at radius 3 is 2.55 bits per heavy atom. The highest BCUT2D eigenvalue weighted by atomic mass is 79.9. The minimum absolute atomic E-state index is 0.161. The second kappa shape index (κ2) is 7.58. The summed E-state index contributed by atoms with van der Waals surface area (Å²) in [6.07, 6.45) is 5.31. The van der Waals surface area contributed by atoms with Crippen molar-refractivity contribution in [2.45, 2.75) is 51.6 Å². The Morgan fingerprint density at radius 1 is 1.25 bits per heavy atom. The number of hydrogen-bond acceptors (Lipinski definition) is 2. The van der Waals surface area contributed by atoms with Crippen molar-refractivity contribution in [2.75, 3.05) is 13.1 Å². The summed E-state index contributed by atoms with van der Waals surface area (Å²) in [7, 11) is 0. The van der Waals surface area contributed by atoms with Crippen molar-refractivity contribution in [2.24, 2.45) is 11.7 Å². The van der Waals surface area contributed by atoms with Crippen LogP contribution in [0, 0.1) is 5.92 Å². The van der Waals surface area contributed by atoms with Crippen molar-refractivity contribution in [1.29, 1.82) is 0 Å². The minimum Gasteiger partial charge on any atom is -0.326 e. The van der Waals surface area contributed by atoms with Gasteiger partial charge >= 0.3 is 0 Å². The zero-order chi connectivity index (χ0) is 14.5. The molecule has 0 amide bonds. The molecule has 0 bridgehead atoms. The molecule has 0 saturated carbocycles. The van der Waals surface area contributed by atoms with Gasteiger partial charge in [-0.2, -0.15) is 0 Å². The van der Waals surface area contributed by atoms with Crippen molar-refractivity contribution in [3.8, 4) is 0 Å². The Balaban J connectivity index is 2.14. The van der Waals surface area contributed by atoms with Crippen LogP contribution in [0.25, 0.3) is 0 Å². The van der Waals surface area contributed by atoms with Crippen LogP contribution in [-0.2, 0) is 0 Å². The largest absolute Gasteiger partial charge is 0.326 e. The second-order valence-electron chi connectivity index (χ2n) is 6.10.